The molecule has 0 fully saturated rings. The zero-order chi connectivity index (χ0) is 17.5. The standard InChI is InChI=1S/C15H20N2O6/c1-17(8-12(20)9-18)15(14(21)22,16-10-19)7-11-3-5-13(23-2)6-4-11/h3-6,12,18,20H,7-9H2,1-2H3,(H,21,22)/t12?,15-/m1/s1. The molecule has 2 atom stereocenters. The lowest BCUT2D eigenvalue weighted by molar-refractivity contribution is -0.151. The lowest BCUT2D eigenvalue weighted by atomic mass is 9.98. The lowest BCUT2D eigenvalue weighted by Crippen LogP contribution is -2.55. The predicted molar refractivity (Wildman–Crippen MR) is 80.9 cm³/mol. The fourth-order valence-corrected chi connectivity index (χ4v) is 2.17. The van der Waals surface area contributed by atoms with Crippen LogP contribution in [-0.2, 0) is 16.0 Å². The van der Waals surface area contributed by atoms with Crippen molar-refractivity contribution in [3.63, 3.8) is 0 Å². The number of carboxylic acids is 1. The molecule has 1 rings (SSSR count). The zero-order valence-corrected chi connectivity index (χ0v) is 13.0. The summed E-state index contributed by atoms with van der Waals surface area (Å²) in [6.45, 7) is -0.711. The van der Waals surface area contributed by atoms with E-state index in [1.165, 1.54) is 25.1 Å². The molecule has 1 aromatic carbocycles. The van der Waals surface area contributed by atoms with Crippen LogP contribution in [0.5, 0.6) is 5.75 Å². The summed E-state index contributed by atoms with van der Waals surface area (Å²) in [5.41, 5.74) is -1.32. The van der Waals surface area contributed by atoms with Crippen LogP contribution in [0.4, 0.5) is 0 Å². The van der Waals surface area contributed by atoms with Crippen molar-refractivity contribution in [3.05, 3.63) is 29.8 Å². The Morgan fingerprint density at radius 2 is 2.04 bits per heavy atom. The van der Waals surface area contributed by atoms with Crippen molar-refractivity contribution in [1.82, 2.24) is 4.90 Å². The number of hydrogen-bond acceptors (Lipinski definition) is 7. The number of isocyanates is 1. The molecule has 23 heavy (non-hydrogen) atoms. The number of rotatable bonds is 9. The molecule has 0 saturated carbocycles. The monoisotopic (exact) mass is 324 g/mol. The van der Waals surface area contributed by atoms with E-state index in [-0.39, 0.29) is 13.0 Å². The SMILES string of the molecule is COc1ccc(C[C@](N=C=O)(C(=O)O)N(C)CC(O)CO)cc1. The molecule has 1 aromatic rings. The molecule has 0 aromatic heterocycles. The summed E-state index contributed by atoms with van der Waals surface area (Å²) in [5.74, 6) is -0.748. The van der Waals surface area contributed by atoms with Crippen LogP contribution in [0.2, 0.25) is 0 Å². The molecule has 126 valence electrons. The molecule has 0 saturated heterocycles. The Hall–Kier alpha value is -2.25. The summed E-state index contributed by atoms with van der Waals surface area (Å²) in [7, 11) is 2.91. The maximum absolute atomic E-state index is 11.8. The summed E-state index contributed by atoms with van der Waals surface area (Å²) in [6.07, 6.45) is 0.0177. The first kappa shape index (κ1) is 18.8. The Labute approximate surface area is 133 Å². The Morgan fingerprint density at radius 3 is 2.48 bits per heavy atom. The summed E-state index contributed by atoms with van der Waals surface area (Å²) >= 11 is 0. The number of aliphatic carboxylic acids is 1. The van der Waals surface area contributed by atoms with E-state index in [0.29, 0.717) is 11.3 Å². The molecule has 0 radical (unpaired) electrons. The minimum atomic E-state index is -1.92. The van der Waals surface area contributed by atoms with Crippen molar-refractivity contribution in [2.24, 2.45) is 4.99 Å². The minimum Gasteiger partial charge on any atom is -0.497 e. The molecule has 0 heterocycles. The summed E-state index contributed by atoms with van der Waals surface area (Å²) < 4.78 is 5.04. The largest absolute Gasteiger partial charge is 0.497 e. The third kappa shape index (κ3) is 4.61. The van der Waals surface area contributed by atoms with Gasteiger partial charge >= 0.3 is 5.97 Å². The number of carboxylic acid groups (broad SMARTS) is 1. The first-order valence-corrected chi connectivity index (χ1v) is 6.85. The third-order valence-electron chi connectivity index (χ3n) is 3.51. The van der Waals surface area contributed by atoms with Gasteiger partial charge in [-0.1, -0.05) is 12.1 Å². The second-order valence-electron chi connectivity index (χ2n) is 5.07. The van der Waals surface area contributed by atoms with E-state index in [0.717, 1.165) is 0 Å². The van der Waals surface area contributed by atoms with Gasteiger partial charge in [-0.05, 0) is 24.7 Å². The molecule has 8 heteroatoms. The van der Waals surface area contributed by atoms with Crippen LogP contribution in [0.15, 0.2) is 29.3 Å². The van der Waals surface area contributed by atoms with Crippen LogP contribution in [-0.4, -0.2) is 71.3 Å². The van der Waals surface area contributed by atoms with Crippen LogP contribution in [0.25, 0.3) is 0 Å². The Bertz CT molecular complexity index is 566. The van der Waals surface area contributed by atoms with Gasteiger partial charge in [-0.15, -0.1) is 0 Å². The molecule has 0 spiro atoms. The number of methoxy groups -OCH3 is 1. The Balaban J connectivity index is 3.16. The summed E-state index contributed by atoms with van der Waals surface area (Å²) in [6, 6.07) is 6.64. The summed E-state index contributed by atoms with van der Waals surface area (Å²) in [4.78, 5) is 27.2. The quantitative estimate of drug-likeness (QED) is 0.419. The van der Waals surface area contributed by atoms with E-state index in [1.807, 2.05) is 0 Å². The van der Waals surface area contributed by atoms with Gasteiger partial charge in [0, 0.05) is 13.0 Å². The number of nitrogens with zero attached hydrogens (tertiary/aromatic N) is 2. The van der Waals surface area contributed by atoms with E-state index >= 15 is 0 Å². The Kier molecular flexibility index (Phi) is 6.87. The molecule has 3 N–H and O–H groups in total. The number of aliphatic hydroxyl groups excluding tert-OH is 2. The zero-order valence-electron chi connectivity index (χ0n) is 13.0. The Morgan fingerprint density at radius 1 is 1.43 bits per heavy atom. The van der Waals surface area contributed by atoms with Gasteiger partial charge in [0.15, 0.2) is 0 Å². The number of ether oxygens (including phenoxy) is 1. The fourth-order valence-electron chi connectivity index (χ4n) is 2.17. The van der Waals surface area contributed by atoms with Crippen LogP contribution in [0.3, 0.4) is 0 Å². The number of aliphatic imine (C=N–C) groups is 1. The molecule has 0 aliphatic heterocycles. The van der Waals surface area contributed by atoms with Crippen molar-refractivity contribution >= 4 is 12.0 Å². The fraction of sp³-hybridized carbons (Fsp3) is 0.467. The molecule has 0 aliphatic rings. The first-order valence-electron chi connectivity index (χ1n) is 6.85. The highest BCUT2D eigenvalue weighted by Crippen LogP contribution is 2.24. The van der Waals surface area contributed by atoms with E-state index < -0.39 is 24.3 Å². The van der Waals surface area contributed by atoms with Gasteiger partial charge in [-0.2, -0.15) is 4.99 Å². The van der Waals surface area contributed by atoms with Crippen LogP contribution >= 0.6 is 0 Å². The van der Waals surface area contributed by atoms with Crippen LogP contribution in [0, 0.1) is 0 Å². The van der Waals surface area contributed by atoms with E-state index in [2.05, 4.69) is 4.99 Å². The molecule has 1 unspecified atom stereocenters. The topological polar surface area (TPSA) is 120 Å². The molecular weight excluding hydrogens is 304 g/mol. The van der Waals surface area contributed by atoms with Crippen molar-refractivity contribution in [2.75, 3.05) is 27.3 Å². The number of benzene rings is 1. The van der Waals surface area contributed by atoms with E-state index in [9.17, 15) is 19.8 Å². The van der Waals surface area contributed by atoms with Gasteiger partial charge in [0.05, 0.1) is 19.8 Å². The number of carbonyl (C=O) groups excluding carboxylic acids is 1. The van der Waals surface area contributed by atoms with Gasteiger partial charge < -0.3 is 20.1 Å². The molecular formula is C15H20N2O6. The molecule has 8 nitrogen and oxygen atoms in total. The highest BCUT2D eigenvalue weighted by Gasteiger charge is 2.43. The third-order valence-corrected chi connectivity index (χ3v) is 3.51. The predicted octanol–water partition coefficient (Wildman–Crippen LogP) is -0.361. The van der Waals surface area contributed by atoms with E-state index in [4.69, 9.17) is 9.84 Å². The maximum Gasteiger partial charge on any atom is 0.348 e. The first-order chi connectivity index (χ1) is 10.9. The minimum absolute atomic E-state index is 0.115. The number of likely N-dealkylation sites (N-methyl/N-ethyl adjacent to an activating group) is 1. The van der Waals surface area contributed by atoms with Crippen LogP contribution < -0.4 is 4.74 Å². The van der Waals surface area contributed by atoms with Gasteiger partial charge in [0.1, 0.15) is 5.75 Å². The molecule has 0 bridgehead atoms. The average Bonchev–Trinajstić information content (AvgIpc) is 2.54. The lowest BCUT2D eigenvalue weighted by Gasteiger charge is -2.34. The molecule has 0 amide bonds. The smallest absolute Gasteiger partial charge is 0.348 e. The van der Waals surface area contributed by atoms with Crippen molar-refractivity contribution < 1.29 is 29.6 Å². The van der Waals surface area contributed by atoms with Crippen molar-refractivity contribution in [1.29, 1.82) is 0 Å². The van der Waals surface area contributed by atoms with Crippen LogP contribution in [0.1, 0.15) is 5.56 Å². The number of aliphatic hydroxyl groups is 2. The second-order valence-corrected chi connectivity index (χ2v) is 5.07. The van der Waals surface area contributed by atoms with E-state index in [1.54, 1.807) is 24.3 Å². The average molecular weight is 324 g/mol. The number of carbonyl (C=O) groups is 1. The highest BCUT2D eigenvalue weighted by molar-refractivity contribution is 5.80. The highest BCUT2D eigenvalue weighted by atomic mass is 16.5. The number of hydrogen-bond donors (Lipinski definition) is 3. The normalized spacial score (nSPS) is 14.7. The van der Waals surface area contributed by atoms with Gasteiger partial charge in [-0.25, -0.2) is 9.59 Å². The second kappa shape index (κ2) is 8.40. The maximum atomic E-state index is 11.8. The van der Waals surface area contributed by atoms with Crippen molar-refractivity contribution in [3.8, 4) is 5.75 Å². The van der Waals surface area contributed by atoms with Gasteiger partial charge in [-0.3, -0.25) is 4.90 Å². The van der Waals surface area contributed by atoms with Gasteiger partial charge in [0.25, 0.3) is 0 Å². The summed E-state index contributed by atoms with van der Waals surface area (Å²) in [5, 5.41) is 28.0. The van der Waals surface area contributed by atoms with Gasteiger partial charge in [0.2, 0.25) is 11.7 Å². The molecule has 0 aliphatic carbocycles. The van der Waals surface area contributed by atoms with Crippen molar-refractivity contribution in [2.45, 2.75) is 18.2 Å².